The Morgan fingerprint density at radius 2 is 2.00 bits per heavy atom. The predicted molar refractivity (Wildman–Crippen MR) is 47.5 cm³/mol. The van der Waals surface area contributed by atoms with Gasteiger partial charge >= 0.3 is 0 Å². The van der Waals surface area contributed by atoms with Crippen molar-refractivity contribution in [2.75, 3.05) is 7.05 Å². The van der Waals surface area contributed by atoms with E-state index in [0.29, 0.717) is 0 Å². The molecule has 1 heteroatoms. The minimum atomic E-state index is 0.858. The first kappa shape index (κ1) is 7.60. The Morgan fingerprint density at radius 1 is 1.09 bits per heavy atom. The normalized spacial score (nSPS) is 43.9. The Hall–Kier alpha value is -0.0400. The molecule has 64 valence electrons. The molecule has 0 aromatic heterocycles. The maximum Gasteiger partial charge on any atom is 0.00949 e. The van der Waals surface area contributed by atoms with Crippen LogP contribution in [0.3, 0.4) is 0 Å². The van der Waals surface area contributed by atoms with Crippen LogP contribution in [0.4, 0.5) is 0 Å². The summed E-state index contributed by atoms with van der Waals surface area (Å²) < 4.78 is 0. The Morgan fingerprint density at radius 3 is 2.82 bits per heavy atom. The standard InChI is InChI=1S/C10H19N/c1-11-10-7-8-3-2-4-9(10)6-5-8/h8-11H,2-7H2,1H3. The molecule has 0 aromatic carbocycles. The van der Waals surface area contributed by atoms with Crippen LogP contribution in [-0.4, -0.2) is 13.1 Å². The summed E-state index contributed by atoms with van der Waals surface area (Å²) in [5, 5.41) is 3.48. The summed E-state index contributed by atoms with van der Waals surface area (Å²) in [5.74, 6) is 2.07. The summed E-state index contributed by atoms with van der Waals surface area (Å²) in [7, 11) is 2.13. The molecule has 0 aliphatic heterocycles. The highest BCUT2D eigenvalue weighted by molar-refractivity contribution is 4.87. The molecule has 1 nitrogen and oxygen atoms in total. The first-order valence-electron chi connectivity index (χ1n) is 5.07. The van der Waals surface area contributed by atoms with Crippen molar-refractivity contribution in [3.63, 3.8) is 0 Å². The van der Waals surface area contributed by atoms with Crippen LogP contribution in [0.1, 0.15) is 38.5 Å². The van der Waals surface area contributed by atoms with E-state index in [1.807, 2.05) is 0 Å². The average molecular weight is 153 g/mol. The van der Waals surface area contributed by atoms with Gasteiger partial charge < -0.3 is 5.32 Å². The van der Waals surface area contributed by atoms with Gasteiger partial charge in [0.2, 0.25) is 0 Å². The number of fused-ring (bicyclic) bond motifs is 4. The van der Waals surface area contributed by atoms with Gasteiger partial charge in [-0.3, -0.25) is 0 Å². The van der Waals surface area contributed by atoms with Crippen molar-refractivity contribution in [3.05, 3.63) is 0 Å². The van der Waals surface area contributed by atoms with E-state index in [2.05, 4.69) is 12.4 Å². The Labute approximate surface area is 69.6 Å². The van der Waals surface area contributed by atoms with Gasteiger partial charge in [-0.05, 0) is 38.1 Å². The first-order valence-corrected chi connectivity index (χ1v) is 5.07. The minimum Gasteiger partial charge on any atom is -0.317 e. The van der Waals surface area contributed by atoms with Crippen molar-refractivity contribution in [2.45, 2.75) is 44.6 Å². The topological polar surface area (TPSA) is 12.0 Å². The first-order chi connectivity index (χ1) is 5.40. The van der Waals surface area contributed by atoms with E-state index in [1.165, 1.54) is 38.5 Å². The third-order valence-corrected chi connectivity index (χ3v) is 3.66. The molecule has 3 aliphatic carbocycles. The Kier molecular flexibility index (Phi) is 2.17. The molecule has 3 unspecified atom stereocenters. The molecule has 0 saturated heterocycles. The largest absolute Gasteiger partial charge is 0.317 e. The van der Waals surface area contributed by atoms with Gasteiger partial charge in [-0.1, -0.05) is 19.3 Å². The third-order valence-electron chi connectivity index (χ3n) is 3.66. The SMILES string of the molecule is CNC1CC2CCCC1CC2. The van der Waals surface area contributed by atoms with Crippen molar-refractivity contribution in [1.29, 1.82) is 0 Å². The molecule has 3 atom stereocenters. The van der Waals surface area contributed by atoms with E-state index in [-0.39, 0.29) is 0 Å². The Bertz CT molecular complexity index is 129. The quantitative estimate of drug-likeness (QED) is 0.609. The molecule has 3 saturated carbocycles. The smallest absolute Gasteiger partial charge is 0.00949 e. The number of rotatable bonds is 1. The number of nitrogens with one attached hydrogen (secondary N) is 1. The van der Waals surface area contributed by atoms with Gasteiger partial charge in [-0.25, -0.2) is 0 Å². The molecule has 0 spiro atoms. The van der Waals surface area contributed by atoms with Crippen LogP contribution >= 0.6 is 0 Å². The zero-order valence-electron chi connectivity index (χ0n) is 7.47. The fourth-order valence-corrected chi connectivity index (χ4v) is 2.95. The molecular weight excluding hydrogens is 134 g/mol. The van der Waals surface area contributed by atoms with Gasteiger partial charge in [-0.15, -0.1) is 0 Å². The van der Waals surface area contributed by atoms with Gasteiger partial charge in [0.15, 0.2) is 0 Å². The molecule has 0 amide bonds. The Balaban J connectivity index is 2.04. The van der Waals surface area contributed by atoms with Crippen molar-refractivity contribution in [3.8, 4) is 0 Å². The molecule has 0 heterocycles. The molecule has 3 aliphatic rings. The molecule has 0 radical (unpaired) electrons. The second kappa shape index (κ2) is 3.14. The summed E-state index contributed by atoms with van der Waals surface area (Å²) in [6, 6.07) is 0.858. The third kappa shape index (κ3) is 1.44. The highest BCUT2D eigenvalue weighted by Crippen LogP contribution is 2.38. The van der Waals surface area contributed by atoms with Crippen molar-refractivity contribution in [2.24, 2.45) is 11.8 Å². The van der Waals surface area contributed by atoms with Crippen LogP contribution < -0.4 is 5.32 Å². The molecular formula is C10H19N. The van der Waals surface area contributed by atoms with E-state index in [9.17, 15) is 0 Å². The lowest BCUT2D eigenvalue weighted by Gasteiger charge is -2.32. The summed E-state index contributed by atoms with van der Waals surface area (Å²) in [6.07, 6.45) is 8.96. The van der Waals surface area contributed by atoms with Crippen molar-refractivity contribution < 1.29 is 0 Å². The molecule has 11 heavy (non-hydrogen) atoms. The molecule has 3 rings (SSSR count). The van der Waals surface area contributed by atoms with E-state index in [0.717, 1.165) is 17.9 Å². The second-order valence-corrected chi connectivity index (χ2v) is 4.27. The lowest BCUT2D eigenvalue weighted by atomic mass is 9.80. The van der Waals surface area contributed by atoms with Crippen LogP contribution in [-0.2, 0) is 0 Å². The zero-order valence-corrected chi connectivity index (χ0v) is 7.47. The second-order valence-electron chi connectivity index (χ2n) is 4.27. The predicted octanol–water partition coefficient (Wildman–Crippen LogP) is 2.17. The van der Waals surface area contributed by atoms with Gasteiger partial charge in [0.25, 0.3) is 0 Å². The van der Waals surface area contributed by atoms with E-state index in [4.69, 9.17) is 0 Å². The fourth-order valence-electron chi connectivity index (χ4n) is 2.95. The summed E-state index contributed by atoms with van der Waals surface area (Å²) >= 11 is 0. The lowest BCUT2D eigenvalue weighted by molar-refractivity contribution is 0.238. The zero-order chi connectivity index (χ0) is 7.68. The van der Waals surface area contributed by atoms with Gasteiger partial charge in [0.05, 0.1) is 0 Å². The van der Waals surface area contributed by atoms with Crippen LogP contribution in [0.15, 0.2) is 0 Å². The monoisotopic (exact) mass is 153 g/mol. The summed E-state index contributed by atoms with van der Waals surface area (Å²) in [6.45, 7) is 0. The number of hydrogen-bond acceptors (Lipinski definition) is 1. The molecule has 0 aromatic rings. The van der Waals surface area contributed by atoms with Crippen LogP contribution in [0.5, 0.6) is 0 Å². The number of hydrogen-bond donors (Lipinski definition) is 1. The minimum absolute atomic E-state index is 0.858. The van der Waals surface area contributed by atoms with E-state index in [1.54, 1.807) is 0 Å². The lowest BCUT2D eigenvalue weighted by Crippen LogP contribution is -2.37. The maximum absolute atomic E-state index is 3.48. The maximum atomic E-state index is 3.48. The molecule has 2 bridgehead atoms. The molecule has 1 N–H and O–H groups in total. The van der Waals surface area contributed by atoms with Crippen LogP contribution in [0, 0.1) is 11.8 Å². The van der Waals surface area contributed by atoms with Gasteiger partial charge in [-0.2, -0.15) is 0 Å². The van der Waals surface area contributed by atoms with Crippen LogP contribution in [0.2, 0.25) is 0 Å². The van der Waals surface area contributed by atoms with Gasteiger partial charge in [0, 0.05) is 6.04 Å². The average Bonchev–Trinajstić information content (AvgIpc) is 2.37. The molecule has 3 fully saturated rings. The summed E-state index contributed by atoms with van der Waals surface area (Å²) in [4.78, 5) is 0. The van der Waals surface area contributed by atoms with Crippen LogP contribution in [0.25, 0.3) is 0 Å². The fraction of sp³-hybridized carbons (Fsp3) is 1.00. The van der Waals surface area contributed by atoms with Gasteiger partial charge in [0.1, 0.15) is 0 Å². The highest BCUT2D eigenvalue weighted by atomic mass is 14.9. The van der Waals surface area contributed by atoms with E-state index >= 15 is 0 Å². The van der Waals surface area contributed by atoms with Crippen molar-refractivity contribution >= 4 is 0 Å². The van der Waals surface area contributed by atoms with Crippen molar-refractivity contribution in [1.82, 2.24) is 5.32 Å². The van der Waals surface area contributed by atoms with E-state index < -0.39 is 0 Å². The summed E-state index contributed by atoms with van der Waals surface area (Å²) in [5.41, 5.74) is 0. The highest BCUT2D eigenvalue weighted by Gasteiger charge is 2.31.